The number of ether oxygens (including phenoxy) is 1. The highest BCUT2D eigenvalue weighted by Crippen LogP contribution is 2.26. The van der Waals surface area contributed by atoms with Crippen molar-refractivity contribution >= 4 is 28.5 Å². The van der Waals surface area contributed by atoms with Crippen LogP contribution in [0.15, 0.2) is 46.0 Å². The van der Waals surface area contributed by atoms with Crippen LogP contribution in [-0.2, 0) is 14.8 Å². The molecule has 0 amide bonds. The second-order valence-corrected chi connectivity index (χ2v) is 7.94. The zero-order valence-corrected chi connectivity index (χ0v) is 13.8. The number of benzene rings is 1. The predicted molar refractivity (Wildman–Crippen MR) is 88.4 cm³/mol. The zero-order valence-electron chi connectivity index (χ0n) is 12.2. The van der Waals surface area contributed by atoms with E-state index in [2.05, 4.69) is 0 Å². The molecule has 2 N–H and O–H groups in total. The lowest BCUT2D eigenvalue weighted by atomic mass is 9.81. The van der Waals surface area contributed by atoms with Crippen LogP contribution >= 0.6 is 11.3 Å². The van der Waals surface area contributed by atoms with Crippen molar-refractivity contribution in [3.05, 3.63) is 41.1 Å². The van der Waals surface area contributed by atoms with Gasteiger partial charge in [-0.05, 0) is 40.1 Å². The lowest BCUT2D eigenvalue weighted by molar-refractivity contribution is 0.0253. The fourth-order valence-corrected chi connectivity index (χ4v) is 4.61. The summed E-state index contributed by atoms with van der Waals surface area (Å²) in [6.45, 7) is 0.239. The first kappa shape index (κ1) is 16.6. The molecule has 1 unspecified atom stereocenters. The molecule has 1 aromatic carbocycles. The minimum atomic E-state index is -3.71. The molecule has 1 fully saturated rings. The van der Waals surface area contributed by atoms with Crippen LogP contribution in [0.1, 0.15) is 0 Å². The molecule has 0 aliphatic carbocycles. The summed E-state index contributed by atoms with van der Waals surface area (Å²) in [6, 6.07) is 7.75. The van der Waals surface area contributed by atoms with Gasteiger partial charge in [0.2, 0.25) is 10.0 Å². The molecule has 1 aliphatic heterocycles. The lowest BCUT2D eigenvalue weighted by Crippen LogP contribution is -2.51. The van der Waals surface area contributed by atoms with Crippen LogP contribution in [0.4, 0.5) is 0 Å². The van der Waals surface area contributed by atoms with E-state index < -0.39 is 23.1 Å². The number of thiophene rings is 1. The van der Waals surface area contributed by atoms with Gasteiger partial charge in [-0.2, -0.15) is 15.6 Å². The van der Waals surface area contributed by atoms with Crippen LogP contribution in [0, 0.1) is 0 Å². The van der Waals surface area contributed by atoms with Gasteiger partial charge in [0.05, 0.1) is 11.5 Å². The highest BCUT2D eigenvalue weighted by Gasteiger charge is 2.36. The Morgan fingerprint density at radius 3 is 2.78 bits per heavy atom. The molecule has 3 rings (SSSR count). The maximum absolute atomic E-state index is 12.8. The lowest BCUT2D eigenvalue weighted by Gasteiger charge is -2.31. The minimum Gasteiger partial charge on any atom is -0.425 e. The summed E-state index contributed by atoms with van der Waals surface area (Å²) in [6.07, 6.45) is 0. The Kier molecular flexibility index (Phi) is 4.86. The number of rotatable bonds is 4. The van der Waals surface area contributed by atoms with Crippen molar-refractivity contribution in [2.24, 2.45) is 0 Å². The molecule has 9 heteroatoms. The molecule has 1 atom stereocenters. The number of morpholine rings is 1. The maximum Gasteiger partial charge on any atom is 0.483 e. The van der Waals surface area contributed by atoms with Crippen molar-refractivity contribution < 1.29 is 23.2 Å². The van der Waals surface area contributed by atoms with Gasteiger partial charge in [0, 0.05) is 13.1 Å². The van der Waals surface area contributed by atoms with E-state index in [0.717, 1.165) is 11.1 Å². The monoisotopic (exact) mass is 353 g/mol. The molecule has 1 saturated heterocycles. The van der Waals surface area contributed by atoms with E-state index in [1.165, 1.54) is 4.31 Å². The van der Waals surface area contributed by atoms with Crippen molar-refractivity contribution in [2.45, 2.75) is 10.9 Å². The molecule has 0 radical (unpaired) electrons. The molecule has 1 aromatic heterocycles. The van der Waals surface area contributed by atoms with Crippen molar-refractivity contribution in [2.75, 3.05) is 19.7 Å². The maximum atomic E-state index is 12.8. The van der Waals surface area contributed by atoms with Crippen LogP contribution in [0.3, 0.4) is 0 Å². The van der Waals surface area contributed by atoms with Gasteiger partial charge >= 0.3 is 7.12 Å². The third-order valence-corrected chi connectivity index (χ3v) is 6.26. The van der Waals surface area contributed by atoms with Crippen LogP contribution < -0.4 is 0 Å². The summed E-state index contributed by atoms with van der Waals surface area (Å²) in [5, 5.41) is 22.3. The smallest absolute Gasteiger partial charge is 0.425 e. The Labute approximate surface area is 139 Å². The van der Waals surface area contributed by atoms with Crippen molar-refractivity contribution in [3.8, 4) is 11.1 Å². The van der Waals surface area contributed by atoms with Gasteiger partial charge in [-0.15, -0.1) is 0 Å². The fourth-order valence-electron chi connectivity index (χ4n) is 2.46. The summed E-state index contributed by atoms with van der Waals surface area (Å²) in [5.41, 5.74) is 1.80. The summed E-state index contributed by atoms with van der Waals surface area (Å²) < 4.78 is 32.0. The Hall–Kier alpha value is -1.23. The van der Waals surface area contributed by atoms with Gasteiger partial charge in [0.15, 0.2) is 0 Å². The number of hydrogen-bond donors (Lipinski definition) is 2. The predicted octanol–water partition coefficient (Wildman–Crippen LogP) is 0.817. The largest absolute Gasteiger partial charge is 0.483 e. The zero-order chi connectivity index (χ0) is 16.4. The molecule has 0 spiro atoms. The van der Waals surface area contributed by atoms with E-state index in [9.17, 15) is 18.5 Å². The quantitative estimate of drug-likeness (QED) is 0.795. The molecule has 122 valence electrons. The van der Waals surface area contributed by atoms with Crippen molar-refractivity contribution in [1.82, 2.24) is 4.31 Å². The fraction of sp³-hybridized carbons (Fsp3) is 0.286. The third kappa shape index (κ3) is 3.49. The molecule has 0 bridgehead atoms. The molecule has 2 aromatic rings. The second kappa shape index (κ2) is 6.72. The standard InChI is InChI=1S/C14H16BNO5S2/c17-15(18)14-9-16(5-6-21-14)23(19,20)13-3-1-2-11(8-13)12-4-7-22-10-12/h1-4,7-8,10,14,17-18H,5-6,9H2. The normalized spacial score (nSPS) is 19.7. The van der Waals surface area contributed by atoms with Crippen molar-refractivity contribution in [1.29, 1.82) is 0 Å². The van der Waals surface area contributed by atoms with E-state index in [4.69, 9.17) is 4.74 Å². The third-order valence-electron chi connectivity index (χ3n) is 3.72. The second-order valence-electron chi connectivity index (χ2n) is 5.23. The Morgan fingerprint density at radius 2 is 2.09 bits per heavy atom. The molecule has 2 heterocycles. The topological polar surface area (TPSA) is 87.1 Å². The molecule has 23 heavy (non-hydrogen) atoms. The van der Waals surface area contributed by atoms with Crippen LogP contribution in [0.5, 0.6) is 0 Å². The van der Waals surface area contributed by atoms with Crippen molar-refractivity contribution in [3.63, 3.8) is 0 Å². The summed E-state index contributed by atoms with van der Waals surface area (Å²) in [7, 11) is -5.41. The van der Waals surface area contributed by atoms with Crippen LogP contribution in [-0.4, -0.2) is 55.6 Å². The van der Waals surface area contributed by atoms with E-state index in [1.54, 1.807) is 29.5 Å². The van der Waals surface area contributed by atoms with E-state index in [0.29, 0.717) is 0 Å². The molecule has 1 aliphatic rings. The SMILES string of the molecule is O=S(=O)(c1cccc(-c2ccsc2)c1)N1CCOC(B(O)O)C1. The Bertz CT molecular complexity index is 763. The minimum absolute atomic E-state index is 0.0807. The summed E-state index contributed by atoms with van der Waals surface area (Å²) in [5.74, 6) is 0. The molecule has 0 saturated carbocycles. The molecule has 6 nitrogen and oxygen atoms in total. The van der Waals surface area contributed by atoms with Gasteiger partial charge in [-0.1, -0.05) is 12.1 Å². The Balaban J connectivity index is 1.89. The van der Waals surface area contributed by atoms with Gasteiger partial charge in [0.25, 0.3) is 0 Å². The number of sulfonamides is 1. The number of nitrogens with zero attached hydrogens (tertiary/aromatic N) is 1. The first-order chi connectivity index (χ1) is 11.0. The Morgan fingerprint density at radius 1 is 1.26 bits per heavy atom. The summed E-state index contributed by atoms with van der Waals surface area (Å²) >= 11 is 1.55. The van der Waals surface area contributed by atoms with Crippen LogP contribution in [0.25, 0.3) is 11.1 Å². The van der Waals surface area contributed by atoms with Gasteiger partial charge in [0.1, 0.15) is 6.00 Å². The van der Waals surface area contributed by atoms with Gasteiger partial charge in [-0.25, -0.2) is 8.42 Å². The number of hydrogen-bond acceptors (Lipinski definition) is 6. The van der Waals surface area contributed by atoms with E-state index >= 15 is 0 Å². The van der Waals surface area contributed by atoms with Gasteiger partial charge in [-0.3, -0.25) is 0 Å². The summed E-state index contributed by atoms with van der Waals surface area (Å²) in [4.78, 5) is 0.189. The van der Waals surface area contributed by atoms with E-state index in [-0.39, 0.29) is 24.6 Å². The first-order valence-corrected chi connectivity index (χ1v) is 9.47. The average molecular weight is 353 g/mol. The highest BCUT2D eigenvalue weighted by atomic mass is 32.2. The highest BCUT2D eigenvalue weighted by molar-refractivity contribution is 7.89. The molecular weight excluding hydrogens is 337 g/mol. The van der Waals surface area contributed by atoms with Crippen LogP contribution in [0.2, 0.25) is 0 Å². The first-order valence-electron chi connectivity index (χ1n) is 7.09. The van der Waals surface area contributed by atoms with E-state index in [1.807, 2.05) is 22.9 Å². The van der Waals surface area contributed by atoms with Gasteiger partial charge < -0.3 is 14.8 Å². The molecular formula is C14H16BNO5S2. The average Bonchev–Trinajstić information content (AvgIpc) is 3.09.